The van der Waals surface area contributed by atoms with E-state index in [0.717, 1.165) is 51.8 Å². The lowest BCUT2D eigenvalue weighted by Gasteiger charge is -2.55. The van der Waals surface area contributed by atoms with Gasteiger partial charge in [-0.3, -0.25) is 4.79 Å². The first kappa shape index (κ1) is 17.1. The molecule has 6 nitrogen and oxygen atoms in total. The SMILES string of the molecule is CC1(C)[C@H](NC(=O)N2CCC(NC(=O)C3CCC3)CC2)[C@H]2CCO[C@@H]21. The summed E-state index contributed by atoms with van der Waals surface area (Å²) < 4.78 is 5.80. The molecule has 0 spiro atoms. The molecule has 0 aromatic heterocycles. The molecule has 3 amide bonds. The van der Waals surface area contributed by atoms with Crippen LogP contribution in [0.15, 0.2) is 0 Å². The third-order valence-corrected chi connectivity index (χ3v) is 6.98. The molecular formula is C19H31N3O3. The minimum absolute atomic E-state index is 0.0197. The van der Waals surface area contributed by atoms with Gasteiger partial charge in [0, 0.05) is 49.0 Å². The highest BCUT2D eigenvalue weighted by atomic mass is 16.5. The largest absolute Gasteiger partial charge is 0.377 e. The lowest BCUT2D eigenvalue weighted by Crippen LogP contribution is -2.68. The van der Waals surface area contributed by atoms with Crippen molar-refractivity contribution in [3.63, 3.8) is 0 Å². The number of piperidine rings is 1. The number of hydrogen-bond acceptors (Lipinski definition) is 3. The molecule has 2 saturated carbocycles. The fourth-order valence-electron chi connectivity index (χ4n) is 5.06. The number of amides is 3. The number of fused-ring (bicyclic) bond motifs is 1. The van der Waals surface area contributed by atoms with Crippen LogP contribution in [-0.2, 0) is 9.53 Å². The van der Waals surface area contributed by atoms with Crippen LogP contribution in [0.25, 0.3) is 0 Å². The maximum absolute atomic E-state index is 12.7. The first-order valence-corrected chi connectivity index (χ1v) is 9.94. The summed E-state index contributed by atoms with van der Waals surface area (Å²) in [5.41, 5.74) is 0.0197. The smallest absolute Gasteiger partial charge is 0.317 e. The van der Waals surface area contributed by atoms with Crippen LogP contribution < -0.4 is 10.6 Å². The molecule has 140 valence electrons. The molecule has 0 unspecified atom stereocenters. The van der Waals surface area contributed by atoms with Gasteiger partial charge < -0.3 is 20.3 Å². The molecule has 0 aromatic rings. The summed E-state index contributed by atoms with van der Waals surface area (Å²) in [6.07, 6.45) is 6.32. The summed E-state index contributed by atoms with van der Waals surface area (Å²) in [5, 5.41) is 6.43. The quantitative estimate of drug-likeness (QED) is 0.817. The van der Waals surface area contributed by atoms with E-state index in [0.29, 0.717) is 12.0 Å². The summed E-state index contributed by atoms with van der Waals surface area (Å²) in [6, 6.07) is 0.487. The number of ether oxygens (including phenoxy) is 1. The van der Waals surface area contributed by atoms with Gasteiger partial charge >= 0.3 is 6.03 Å². The molecule has 6 heteroatoms. The zero-order valence-corrected chi connectivity index (χ0v) is 15.4. The van der Waals surface area contributed by atoms with E-state index in [4.69, 9.17) is 4.74 Å². The molecule has 0 aromatic carbocycles. The molecule has 3 atom stereocenters. The number of urea groups is 1. The molecule has 4 fully saturated rings. The summed E-state index contributed by atoms with van der Waals surface area (Å²) in [4.78, 5) is 26.6. The van der Waals surface area contributed by atoms with Gasteiger partial charge in [0.2, 0.25) is 5.91 Å². The van der Waals surface area contributed by atoms with E-state index in [1.165, 1.54) is 6.42 Å². The molecule has 25 heavy (non-hydrogen) atoms. The zero-order valence-electron chi connectivity index (χ0n) is 15.4. The van der Waals surface area contributed by atoms with Crippen molar-refractivity contribution in [1.82, 2.24) is 15.5 Å². The van der Waals surface area contributed by atoms with Crippen molar-refractivity contribution in [2.45, 2.75) is 70.6 Å². The summed E-state index contributed by atoms with van der Waals surface area (Å²) in [5.74, 6) is 0.930. The Hall–Kier alpha value is -1.30. The Kier molecular flexibility index (Phi) is 4.42. The van der Waals surface area contributed by atoms with Crippen LogP contribution in [0.2, 0.25) is 0 Å². The Balaban J connectivity index is 1.23. The monoisotopic (exact) mass is 349 g/mol. The summed E-state index contributed by atoms with van der Waals surface area (Å²) >= 11 is 0. The molecule has 0 radical (unpaired) electrons. The molecule has 2 N–H and O–H groups in total. The van der Waals surface area contributed by atoms with Gasteiger partial charge in [-0.2, -0.15) is 0 Å². The number of hydrogen-bond donors (Lipinski definition) is 2. The summed E-state index contributed by atoms with van der Waals surface area (Å²) in [7, 11) is 0. The molecule has 2 saturated heterocycles. The predicted molar refractivity (Wildman–Crippen MR) is 94.0 cm³/mol. The average Bonchev–Trinajstić information content (AvgIpc) is 2.98. The van der Waals surface area contributed by atoms with E-state index in [-0.39, 0.29) is 35.4 Å². The van der Waals surface area contributed by atoms with Gasteiger partial charge in [0.15, 0.2) is 0 Å². The maximum Gasteiger partial charge on any atom is 0.317 e. The third kappa shape index (κ3) is 3.03. The number of carbonyl (C=O) groups is 2. The van der Waals surface area contributed by atoms with E-state index in [9.17, 15) is 9.59 Å². The second kappa shape index (κ2) is 6.45. The van der Waals surface area contributed by atoms with Crippen molar-refractivity contribution < 1.29 is 14.3 Å². The van der Waals surface area contributed by atoms with E-state index in [1.54, 1.807) is 0 Å². The minimum atomic E-state index is 0.0197. The van der Waals surface area contributed by atoms with Crippen molar-refractivity contribution in [2.24, 2.45) is 17.3 Å². The van der Waals surface area contributed by atoms with Gasteiger partial charge in [0.1, 0.15) is 0 Å². The highest BCUT2D eigenvalue weighted by Crippen LogP contribution is 2.52. The predicted octanol–water partition coefficient (Wildman–Crippen LogP) is 1.89. The second-order valence-corrected chi connectivity index (χ2v) is 8.89. The fourth-order valence-corrected chi connectivity index (χ4v) is 5.06. The Morgan fingerprint density at radius 3 is 2.40 bits per heavy atom. The molecule has 2 aliphatic carbocycles. The van der Waals surface area contributed by atoms with Gasteiger partial charge in [-0.15, -0.1) is 0 Å². The van der Waals surface area contributed by atoms with E-state index in [1.807, 2.05) is 4.90 Å². The van der Waals surface area contributed by atoms with Crippen LogP contribution in [0.5, 0.6) is 0 Å². The topological polar surface area (TPSA) is 70.7 Å². The van der Waals surface area contributed by atoms with Crippen molar-refractivity contribution in [3.8, 4) is 0 Å². The van der Waals surface area contributed by atoms with Crippen LogP contribution >= 0.6 is 0 Å². The number of nitrogens with one attached hydrogen (secondary N) is 2. The van der Waals surface area contributed by atoms with Crippen molar-refractivity contribution in [2.75, 3.05) is 19.7 Å². The summed E-state index contributed by atoms with van der Waals surface area (Å²) in [6.45, 7) is 6.63. The number of rotatable bonds is 3. The zero-order chi connectivity index (χ0) is 17.6. The van der Waals surface area contributed by atoms with E-state index >= 15 is 0 Å². The second-order valence-electron chi connectivity index (χ2n) is 8.89. The highest BCUT2D eigenvalue weighted by molar-refractivity contribution is 5.79. The molecule has 4 rings (SSSR count). The Bertz CT molecular complexity index is 538. The van der Waals surface area contributed by atoms with E-state index in [2.05, 4.69) is 24.5 Å². The van der Waals surface area contributed by atoms with Gasteiger partial charge in [-0.1, -0.05) is 20.3 Å². The number of carbonyl (C=O) groups excluding carboxylic acids is 2. The van der Waals surface area contributed by atoms with Crippen LogP contribution in [0, 0.1) is 17.3 Å². The fraction of sp³-hybridized carbons (Fsp3) is 0.895. The average molecular weight is 349 g/mol. The molecule has 0 bridgehead atoms. The molecule has 2 aliphatic heterocycles. The minimum Gasteiger partial charge on any atom is -0.377 e. The van der Waals surface area contributed by atoms with Gasteiger partial charge in [0.25, 0.3) is 0 Å². The first-order chi connectivity index (χ1) is 12.0. The van der Waals surface area contributed by atoms with Gasteiger partial charge in [0.05, 0.1) is 6.10 Å². The van der Waals surface area contributed by atoms with Gasteiger partial charge in [-0.05, 0) is 32.1 Å². The number of likely N-dealkylation sites (tertiary alicyclic amines) is 1. The Morgan fingerprint density at radius 2 is 1.76 bits per heavy atom. The Morgan fingerprint density at radius 1 is 1.04 bits per heavy atom. The standard InChI is InChI=1S/C19H31N3O3/c1-19(2)15(14-8-11-25-16(14)19)21-18(24)22-9-6-13(7-10-22)20-17(23)12-4-3-5-12/h12-16H,3-11H2,1-2H3,(H,20,23)(H,21,24)/t14-,15-,16+/m1/s1. The van der Waals surface area contributed by atoms with Gasteiger partial charge in [-0.25, -0.2) is 4.79 Å². The Labute approximate surface area is 150 Å². The maximum atomic E-state index is 12.7. The van der Waals surface area contributed by atoms with Crippen LogP contribution in [0.1, 0.15) is 52.4 Å². The van der Waals surface area contributed by atoms with Crippen molar-refractivity contribution >= 4 is 11.9 Å². The van der Waals surface area contributed by atoms with Crippen LogP contribution in [-0.4, -0.2) is 54.7 Å². The third-order valence-electron chi connectivity index (χ3n) is 6.98. The van der Waals surface area contributed by atoms with E-state index < -0.39 is 0 Å². The lowest BCUT2D eigenvalue weighted by molar-refractivity contribution is -0.128. The van der Waals surface area contributed by atoms with Crippen LogP contribution in [0.4, 0.5) is 4.79 Å². The molecule has 4 aliphatic rings. The van der Waals surface area contributed by atoms with Crippen molar-refractivity contribution in [3.05, 3.63) is 0 Å². The van der Waals surface area contributed by atoms with Crippen LogP contribution in [0.3, 0.4) is 0 Å². The molecular weight excluding hydrogens is 318 g/mol. The first-order valence-electron chi connectivity index (χ1n) is 9.94. The number of nitrogens with zero attached hydrogens (tertiary/aromatic N) is 1. The molecule has 2 heterocycles. The van der Waals surface area contributed by atoms with Crippen molar-refractivity contribution in [1.29, 1.82) is 0 Å². The normalized spacial score (nSPS) is 34.6. The highest BCUT2D eigenvalue weighted by Gasteiger charge is 2.60. The lowest BCUT2D eigenvalue weighted by atomic mass is 9.57.